The quantitative estimate of drug-likeness (QED) is 0.481. The Morgan fingerprint density at radius 3 is 2.73 bits per heavy atom. The number of benzene rings is 2. The molecule has 0 radical (unpaired) electrons. The van der Waals surface area contributed by atoms with Crippen LogP contribution in [-0.4, -0.2) is 18.9 Å². The summed E-state index contributed by atoms with van der Waals surface area (Å²) in [4.78, 5) is 25.7. The molecular formula is C21H14O4S. The number of rotatable bonds is 3. The largest absolute Gasteiger partial charge is 0.465 e. The number of hydrogen-bond donors (Lipinski definition) is 0. The normalized spacial score (nSPS) is 14.5. The number of Topliss-reactive ketones (excluding diaryl/α,β-unsaturated/α-hetero) is 1. The first-order valence-corrected chi connectivity index (χ1v) is 8.79. The number of methoxy groups -OCH3 is 1. The number of ketones is 1. The van der Waals surface area contributed by atoms with Crippen molar-refractivity contribution < 1.29 is 18.7 Å². The summed E-state index contributed by atoms with van der Waals surface area (Å²) in [6, 6.07) is 18.2. The Hall–Kier alpha value is -3.05. The van der Waals surface area contributed by atoms with Crippen molar-refractivity contribution >= 4 is 29.6 Å². The first-order valence-electron chi connectivity index (χ1n) is 7.97. The summed E-state index contributed by atoms with van der Waals surface area (Å²) in [5.41, 5.74) is 1.95. The van der Waals surface area contributed by atoms with Gasteiger partial charge < -0.3 is 9.15 Å². The Balaban J connectivity index is 1.62. The standard InChI is InChI=1S/C21H14O4S/c1-24-21(23)14-6-4-5-13(11-14)17-10-9-15(25-17)12-19-20(22)16-7-2-3-8-18(16)26-19/h2-12H,1H3/b19-12+. The SMILES string of the molecule is COC(=O)c1cccc(-c2ccc(/C=C3/Sc4ccccc4C3=O)o2)c1. The highest BCUT2D eigenvalue weighted by atomic mass is 32.2. The number of thioether (sulfide) groups is 1. The number of esters is 1. The van der Waals surface area contributed by atoms with Crippen molar-refractivity contribution in [2.45, 2.75) is 4.90 Å². The Bertz CT molecular complexity index is 1050. The van der Waals surface area contributed by atoms with Gasteiger partial charge in [-0.25, -0.2) is 4.79 Å². The van der Waals surface area contributed by atoms with E-state index in [2.05, 4.69) is 0 Å². The van der Waals surface area contributed by atoms with Crippen LogP contribution in [0.25, 0.3) is 17.4 Å². The van der Waals surface area contributed by atoms with E-state index in [0.29, 0.717) is 22.0 Å². The van der Waals surface area contributed by atoms with Gasteiger partial charge in [0.05, 0.1) is 17.6 Å². The van der Waals surface area contributed by atoms with Crippen LogP contribution in [-0.2, 0) is 4.74 Å². The number of hydrogen-bond acceptors (Lipinski definition) is 5. The molecule has 128 valence electrons. The van der Waals surface area contributed by atoms with E-state index < -0.39 is 5.97 Å². The fourth-order valence-corrected chi connectivity index (χ4v) is 3.80. The minimum Gasteiger partial charge on any atom is -0.465 e. The average Bonchev–Trinajstić information content (AvgIpc) is 3.27. The minimum atomic E-state index is -0.397. The molecule has 0 spiro atoms. The van der Waals surface area contributed by atoms with E-state index in [1.165, 1.54) is 18.9 Å². The molecule has 1 aromatic heterocycles. The van der Waals surface area contributed by atoms with E-state index >= 15 is 0 Å². The Morgan fingerprint density at radius 2 is 1.92 bits per heavy atom. The van der Waals surface area contributed by atoms with Crippen molar-refractivity contribution in [3.63, 3.8) is 0 Å². The summed E-state index contributed by atoms with van der Waals surface area (Å²) in [5, 5.41) is 0. The summed E-state index contributed by atoms with van der Waals surface area (Å²) in [6.07, 6.45) is 1.75. The maximum Gasteiger partial charge on any atom is 0.337 e. The Kier molecular flexibility index (Phi) is 4.22. The smallest absolute Gasteiger partial charge is 0.337 e. The lowest BCUT2D eigenvalue weighted by atomic mass is 10.1. The zero-order chi connectivity index (χ0) is 18.1. The van der Waals surface area contributed by atoms with Gasteiger partial charge in [0, 0.05) is 16.0 Å². The molecule has 0 bridgehead atoms. The van der Waals surface area contributed by atoms with Gasteiger partial charge in [0.25, 0.3) is 0 Å². The molecule has 0 saturated heterocycles. The second kappa shape index (κ2) is 6.69. The summed E-state index contributed by atoms with van der Waals surface area (Å²) < 4.78 is 10.6. The summed E-state index contributed by atoms with van der Waals surface area (Å²) in [6.45, 7) is 0. The van der Waals surface area contributed by atoms with Crippen molar-refractivity contribution in [3.05, 3.63) is 82.5 Å². The van der Waals surface area contributed by atoms with Crippen LogP contribution in [0.3, 0.4) is 0 Å². The number of carbonyl (C=O) groups excluding carboxylic acids is 2. The van der Waals surface area contributed by atoms with Gasteiger partial charge in [0.2, 0.25) is 5.78 Å². The predicted octanol–water partition coefficient (Wildman–Crippen LogP) is 5.06. The molecular weight excluding hydrogens is 348 g/mol. The number of carbonyl (C=O) groups is 2. The first kappa shape index (κ1) is 16.4. The summed E-state index contributed by atoms with van der Waals surface area (Å²) in [7, 11) is 1.35. The molecule has 4 rings (SSSR count). The van der Waals surface area contributed by atoms with Crippen LogP contribution in [0, 0.1) is 0 Å². The highest BCUT2D eigenvalue weighted by molar-refractivity contribution is 8.04. The zero-order valence-electron chi connectivity index (χ0n) is 13.9. The third kappa shape index (κ3) is 2.97. The van der Waals surface area contributed by atoms with Gasteiger partial charge in [0.15, 0.2) is 0 Å². The van der Waals surface area contributed by atoms with Crippen LogP contribution in [0.5, 0.6) is 0 Å². The lowest BCUT2D eigenvalue weighted by Crippen LogP contribution is -2.00. The molecule has 0 fully saturated rings. The van der Waals surface area contributed by atoms with Gasteiger partial charge in [-0.05, 0) is 42.5 Å². The molecule has 0 atom stereocenters. The van der Waals surface area contributed by atoms with Crippen LogP contribution in [0.1, 0.15) is 26.5 Å². The van der Waals surface area contributed by atoms with Crippen LogP contribution in [0.15, 0.2) is 74.9 Å². The van der Waals surface area contributed by atoms with Crippen LogP contribution in [0.4, 0.5) is 0 Å². The van der Waals surface area contributed by atoms with Gasteiger partial charge in [-0.2, -0.15) is 0 Å². The molecule has 0 saturated carbocycles. The fourth-order valence-electron chi connectivity index (χ4n) is 2.77. The summed E-state index contributed by atoms with van der Waals surface area (Å²) in [5.74, 6) is 0.824. The zero-order valence-corrected chi connectivity index (χ0v) is 14.7. The van der Waals surface area contributed by atoms with Crippen molar-refractivity contribution in [1.29, 1.82) is 0 Å². The monoisotopic (exact) mass is 362 g/mol. The summed E-state index contributed by atoms with van der Waals surface area (Å²) >= 11 is 1.44. The van der Waals surface area contributed by atoms with Crippen molar-refractivity contribution in [3.8, 4) is 11.3 Å². The lowest BCUT2D eigenvalue weighted by molar-refractivity contribution is 0.0600. The number of fused-ring (bicyclic) bond motifs is 1. The molecule has 0 N–H and O–H groups in total. The molecule has 0 unspecified atom stereocenters. The van der Waals surface area contributed by atoms with E-state index in [0.717, 1.165) is 16.0 Å². The Labute approximate surface area is 154 Å². The molecule has 1 aliphatic heterocycles. The molecule has 26 heavy (non-hydrogen) atoms. The predicted molar refractivity (Wildman–Crippen MR) is 100 cm³/mol. The highest BCUT2D eigenvalue weighted by Crippen LogP contribution is 2.40. The molecule has 5 heteroatoms. The second-order valence-electron chi connectivity index (χ2n) is 5.71. The Morgan fingerprint density at radius 1 is 1.08 bits per heavy atom. The fraction of sp³-hybridized carbons (Fsp3) is 0.0476. The highest BCUT2D eigenvalue weighted by Gasteiger charge is 2.25. The van der Waals surface area contributed by atoms with Gasteiger partial charge >= 0.3 is 5.97 Å². The average molecular weight is 362 g/mol. The molecule has 0 amide bonds. The van der Waals surface area contributed by atoms with E-state index in [1.54, 1.807) is 24.3 Å². The van der Waals surface area contributed by atoms with Gasteiger partial charge in [-0.3, -0.25) is 4.79 Å². The molecule has 0 aliphatic carbocycles. The molecule has 3 aromatic rings. The number of furan rings is 1. The van der Waals surface area contributed by atoms with Crippen molar-refractivity contribution in [1.82, 2.24) is 0 Å². The molecule has 2 aromatic carbocycles. The third-order valence-corrected chi connectivity index (χ3v) is 5.14. The van der Waals surface area contributed by atoms with Crippen LogP contribution >= 0.6 is 11.8 Å². The van der Waals surface area contributed by atoms with Crippen molar-refractivity contribution in [2.24, 2.45) is 0 Å². The van der Waals surface area contributed by atoms with Crippen LogP contribution < -0.4 is 0 Å². The van der Waals surface area contributed by atoms with E-state index in [1.807, 2.05) is 42.5 Å². The van der Waals surface area contributed by atoms with Crippen LogP contribution in [0.2, 0.25) is 0 Å². The molecule has 1 aliphatic rings. The number of allylic oxidation sites excluding steroid dienone is 1. The number of ether oxygens (including phenoxy) is 1. The first-order chi connectivity index (χ1) is 12.7. The van der Waals surface area contributed by atoms with E-state index in [-0.39, 0.29) is 5.78 Å². The molecule has 4 nitrogen and oxygen atoms in total. The van der Waals surface area contributed by atoms with Gasteiger partial charge in [-0.15, -0.1) is 0 Å². The molecule has 2 heterocycles. The third-order valence-electron chi connectivity index (χ3n) is 4.04. The van der Waals surface area contributed by atoms with E-state index in [9.17, 15) is 9.59 Å². The minimum absolute atomic E-state index is 0.0104. The van der Waals surface area contributed by atoms with E-state index in [4.69, 9.17) is 9.15 Å². The van der Waals surface area contributed by atoms with Gasteiger partial charge in [-0.1, -0.05) is 36.0 Å². The lowest BCUT2D eigenvalue weighted by Gasteiger charge is -2.01. The topological polar surface area (TPSA) is 56.5 Å². The van der Waals surface area contributed by atoms with Crippen molar-refractivity contribution in [2.75, 3.05) is 7.11 Å². The van der Waals surface area contributed by atoms with Gasteiger partial charge in [0.1, 0.15) is 11.5 Å². The second-order valence-corrected chi connectivity index (χ2v) is 6.79. The maximum absolute atomic E-state index is 12.4. The maximum atomic E-state index is 12.4.